The number of rotatable bonds is 4. The SMILES string of the molecule is CC(=O)N1CCCC1C(=O)Nc1ncc(Cc2ccccc2Cl)s1. The van der Waals surface area contributed by atoms with Crippen LogP contribution < -0.4 is 5.32 Å². The molecule has 2 aromatic rings. The Bertz CT molecular complexity index is 762. The Morgan fingerprint density at radius 2 is 2.21 bits per heavy atom. The highest BCUT2D eigenvalue weighted by molar-refractivity contribution is 7.15. The van der Waals surface area contributed by atoms with Crippen molar-refractivity contribution in [3.05, 3.63) is 45.9 Å². The molecule has 24 heavy (non-hydrogen) atoms. The van der Waals surface area contributed by atoms with E-state index in [1.807, 2.05) is 24.3 Å². The lowest BCUT2D eigenvalue weighted by molar-refractivity contribution is -0.134. The topological polar surface area (TPSA) is 62.3 Å². The summed E-state index contributed by atoms with van der Waals surface area (Å²) in [5.41, 5.74) is 1.03. The molecular weight excluding hydrogens is 346 g/mol. The van der Waals surface area contributed by atoms with E-state index in [9.17, 15) is 9.59 Å². The summed E-state index contributed by atoms with van der Waals surface area (Å²) >= 11 is 7.60. The van der Waals surface area contributed by atoms with E-state index < -0.39 is 6.04 Å². The number of amides is 2. The van der Waals surface area contributed by atoms with Gasteiger partial charge in [0.1, 0.15) is 6.04 Å². The van der Waals surface area contributed by atoms with Gasteiger partial charge in [-0.25, -0.2) is 4.98 Å². The molecule has 2 heterocycles. The van der Waals surface area contributed by atoms with Crippen molar-refractivity contribution in [2.75, 3.05) is 11.9 Å². The minimum atomic E-state index is -0.390. The van der Waals surface area contributed by atoms with Gasteiger partial charge in [0, 0.05) is 36.0 Å². The summed E-state index contributed by atoms with van der Waals surface area (Å²) in [4.78, 5) is 30.9. The predicted molar refractivity (Wildman–Crippen MR) is 95.4 cm³/mol. The van der Waals surface area contributed by atoms with Gasteiger partial charge in [-0.1, -0.05) is 29.8 Å². The van der Waals surface area contributed by atoms with Crippen molar-refractivity contribution in [2.45, 2.75) is 32.2 Å². The lowest BCUT2D eigenvalue weighted by atomic mass is 10.1. The molecule has 1 N–H and O–H groups in total. The molecule has 7 heteroatoms. The van der Waals surface area contributed by atoms with Crippen LogP contribution in [0.3, 0.4) is 0 Å². The molecule has 1 aromatic carbocycles. The third-order valence-corrected chi connectivity index (χ3v) is 5.35. The van der Waals surface area contributed by atoms with Crippen LogP contribution in [-0.4, -0.2) is 34.3 Å². The molecule has 1 fully saturated rings. The molecule has 0 spiro atoms. The average molecular weight is 364 g/mol. The van der Waals surface area contributed by atoms with Gasteiger partial charge in [-0.05, 0) is 24.5 Å². The van der Waals surface area contributed by atoms with Gasteiger partial charge in [0.2, 0.25) is 11.8 Å². The second-order valence-corrected chi connectivity index (χ2v) is 7.28. The van der Waals surface area contributed by atoms with Gasteiger partial charge in [0.05, 0.1) is 0 Å². The number of benzene rings is 1. The molecule has 2 amide bonds. The van der Waals surface area contributed by atoms with Crippen molar-refractivity contribution in [1.29, 1.82) is 0 Å². The van der Waals surface area contributed by atoms with Crippen molar-refractivity contribution in [3.8, 4) is 0 Å². The number of carbonyl (C=O) groups excluding carboxylic acids is 2. The molecule has 0 radical (unpaired) electrons. The zero-order valence-corrected chi connectivity index (χ0v) is 14.9. The van der Waals surface area contributed by atoms with E-state index in [4.69, 9.17) is 11.6 Å². The van der Waals surface area contributed by atoms with Crippen LogP contribution in [-0.2, 0) is 16.0 Å². The first-order valence-corrected chi connectivity index (χ1v) is 9.00. The lowest BCUT2D eigenvalue weighted by Gasteiger charge is -2.21. The van der Waals surface area contributed by atoms with Crippen LogP contribution >= 0.6 is 22.9 Å². The van der Waals surface area contributed by atoms with E-state index in [2.05, 4.69) is 10.3 Å². The summed E-state index contributed by atoms with van der Waals surface area (Å²) in [5.74, 6) is -0.229. The molecule has 1 aromatic heterocycles. The highest BCUT2D eigenvalue weighted by Crippen LogP contribution is 2.26. The Kier molecular flexibility index (Phi) is 5.16. The molecule has 0 aliphatic carbocycles. The molecule has 0 bridgehead atoms. The Hall–Kier alpha value is -1.92. The highest BCUT2D eigenvalue weighted by Gasteiger charge is 2.32. The second kappa shape index (κ2) is 7.32. The van der Waals surface area contributed by atoms with Gasteiger partial charge in [0.15, 0.2) is 5.13 Å². The number of thiazole rings is 1. The number of anilines is 1. The number of halogens is 1. The summed E-state index contributed by atoms with van der Waals surface area (Å²) in [7, 11) is 0. The monoisotopic (exact) mass is 363 g/mol. The van der Waals surface area contributed by atoms with E-state index in [0.717, 1.165) is 21.9 Å². The Labute approximate surface area is 149 Å². The molecule has 1 saturated heterocycles. The van der Waals surface area contributed by atoms with Gasteiger partial charge in [-0.2, -0.15) is 0 Å². The predicted octanol–water partition coefficient (Wildman–Crippen LogP) is 3.34. The van der Waals surface area contributed by atoms with E-state index in [1.54, 1.807) is 11.1 Å². The van der Waals surface area contributed by atoms with Crippen molar-refractivity contribution >= 4 is 39.9 Å². The summed E-state index contributed by atoms with van der Waals surface area (Å²) in [6, 6.07) is 7.28. The normalized spacial score (nSPS) is 17.1. The molecule has 1 unspecified atom stereocenters. The zero-order chi connectivity index (χ0) is 17.1. The fourth-order valence-electron chi connectivity index (χ4n) is 2.88. The van der Waals surface area contributed by atoms with Gasteiger partial charge >= 0.3 is 0 Å². The highest BCUT2D eigenvalue weighted by atomic mass is 35.5. The van der Waals surface area contributed by atoms with E-state index in [-0.39, 0.29) is 11.8 Å². The average Bonchev–Trinajstić information content (AvgIpc) is 3.19. The van der Waals surface area contributed by atoms with Crippen LogP contribution in [0, 0.1) is 0 Å². The van der Waals surface area contributed by atoms with Crippen molar-refractivity contribution in [2.24, 2.45) is 0 Å². The van der Waals surface area contributed by atoms with E-state index in [0.29, 0.717) is 24.5 Å². The molecule has 1 aliphatic heterocycles. The first-order valence-electron chi connectivity index (χ1n) is 7.81. The number of carbonyl (C=O) groups is 2. The lowest BCUT2D eigenvalue weighted by Crippen LogP contribution is -2.42. The Balaban J connectivity index is 1.65. The number of likely N-dealkylation sites (tertiary alicyclic amines) is 1. The minimum absolute atomic E-state index is 0.0637. The van der Waals surface area contributed by atoms with Crippen molar-refractivity contribution in [3.63, 3.8) is 0 Å². The van der Waals surface area contributed by atoms with Crippen molar-refractivity contribution in [1.82, 2.24) is 9.88 Å². The Morgan fingerprint density at radius 3 is 2.96 bits per heavy atom. The van der Waals surface area contributed by atoms with Gasteiger partial charge in [-0.15, -0.1) is 11.3 Å². The summed E-state index contributed by atoms with van der Waals surface area (Å²) in [5, 5.41) is 4.11. The molecular formula is C17H18ClN3O2S. The number of nitrogens with zero attached hydrogens (tertiary/aromatic N) is 2. The molecule has 126 valence electrons. The number of hydrogen-bond acceptors (Lipinski definition) is 4. The standard InChI is InChI=1S/C17H18ClN3O2S/c1-11(22)21-8-4-7-15(21)16(23)20-17-19-10-13(24-17)9-12-5-2-3-6-14(12)18/h2-3,5-6,10,15H,4,7-9H2,1H3,(H,19,20,23). The molecule has 3 rings (SSSR count). The van der Waals surface area contributed by atoms with Crippen LogP contribution in [0.5, 0.6) is 0 Å². The maximum Gasteiger partial charge on any atom is 0.248 e. The summed E-state index contributed by atoms with van der Waals surface area (Å²) in [6.07, 6.45) is 3.98. The van der Waals surface area contributed by atoms with Crippen LogP contribution in [0.2, 0.25) is 5.02 Å². The maximum absolute atomic E-state index is 12.4. The molecule has 5 nitrogen and oxygen atoms in total. The van der Waals surface area contributed by atoms with Gasteiger partial charge in [-0.3, -0.25) is 9.59 Å². The molecule has 1 atom stereocenters. The fraction of sp³-hybridized carbons (Fsp3) is 0.353. The quantitative estimate of drug-likeness (QED) is 0.906. The van der Waals surface area contributed by atoms with Crippen LogP contribution in [0.25, 0.3) is 0 Å². The first-order chi connectivity index (χ1) is 11.5. The van der Waals surface area contributed by atoms with Crippen LogP contribution in [0.4, 0.5) is 5.13 Å². The first kappa shape index (κ1) is 16.9. The molecule has 0 saturated carbocycles. The maximum atomic E-state index is 12.4. The minimum Gasteiger partial charge on any atom is -0.331 e. The third kappa shape index (κ3) is 3.76. The van der Waals surface area contributed by atoms with Crippen LogP contribution in [0.1, 0.15) is 30.2 Å². The van der Waals surface area contributed by atoms with Crippen LogP contribution in [0.15, 0.2) is 30.5 Å². The molecule has 1 aliphatic rings. The Morgan fingerprint density at radius 1 is 1.42 bits per heavy atom. The van der Waals surface area contributed by atoms with E-state index >= 15 is 0 Å². The van der Waals surface area contributed by atoms with Crippen molar-refractivity contribution < 1.29 is 9.59 Å². The third-order valence-electron chi connectivity index (χ3n) is 4.07. The van der Waals surface area contributed by atoms with Gasteiger partial charge in [0.25, 0.3) is 0 Å². The number of nitrogens with one attached hydrogen (secondary N) is 1. The summed E-state index contributed by atoms with van der Waals surface area (Å²) in [6.45, 7) is 2.14. The fourth-order valence-corrected chi connectivity index (χ4v) is 3.92. The number of hydrogen-bond donors (Lipinski definition) is 1. The van der Waals surface area contributed by atoms with Gasteiger partial charge < -0.3 is 10.2 Å². The van der Waals surface area contributed by atoms with E-state index in [1.165, 1.54) is 18.3 Å². The second-order valence-electron chi connectivity index (χ2n) is 5.76. The zero-order valence-electron chi connectivity index (χ0n) is 13.3. The smallest absolute Gasteiger partial charge is 0.248 e. The summed E-state index contributed by atoms with van der Waals surface area (Å²) < 4.78 is 0. The number of aromatic nitrogens is 1. The largest absolute Gasteiger partial charge is 0.331 e.